The van der Waals surface area contributed by atoms with Gasteiger partial charge >= 0.3 is 0 Å². The van der Waals surface area contributed by atoms with Crippen molar-refractivity contribution in [3.63, 3.8) is 0 Å². The lowest BCUT2D eigenvalue weighted by molar-refractivity contribution is -0.885. The smallest absolute Gasteiger partial charge is 0.279 e. The van der Waals surface area contributed by atoms with Crippen LogP contribution in [0.3, 0.4) is 0 Å². The second kappa shape index (κ2) is 8.09. The molecule has 1 atom stereocenters. The number of fused-ring (bicyclic) bond motifs is 1. The number of carbonyl (C=O) groups is 1. The maximum Gasteiger partial charge on any atom is 0.279 e. The van der Waals surface area contributed by atoms with Gasteiger partial charge in [-0.25, -0.2) is 0 Å². The van der Waals surface area contributed by atoms with Crippen LogP contribution in [0.25, 0.3) is 10.8 Å². The lowest BCUT2D eigenvalue weighted by atomic mass is 10.1. The fraction of sp³-hybridized carbons (Fsp3) is 0.190. The van der Waals surface area contributed by atoms with Gasteiger partial charge in [-0.05, 0) is 35.4 Å². The molecule has 0 aromatic heterocycles. The molecule has 3 aromatic carbocycles. The molecule has 0 aliphatic carbocycles. The van der Waals surface area contributed by atoms with Gasteiger partial charge in [-0.15, -0.1) is 0 Å². The second-order valence-corrected chi connectivity index (χ2v) is 7.38. The third-order valence-corrected chi connectivity index (χ3v) is 5.13. The lowest BCUT2D eigenvalue weighted by Gasteiger charge is -2.16. The molecule has 26 heavy (non-hydrogen) atoms. The number of halogens is 2. The van der Waals surface area contributed by atoms with Crippen molar-refractivity contribution in [2.75, 3.05) is 18.9 Å². The molecular formula is C21H21Cl2N2O+. The monoisotopic (exact) mass is 387 g/mol. The highest BCUT2D eigenvalue weighted by Crippen LogP contribution is 2.32. The fourth-order valence-corrected chi connectivity index (χ4v) is 3.45. The van der Waals surface area contributed by atoms with Crippen LogP contribution in [0, 0.1) is 6.92 Å². The number of anilines is 1. The Morgan fingerprint density at radius 2 is 1.77 bits per heavy atom. The number of rotatable bonds is 5. The Morgan fingerprint density at radius 3 is 2.54 bits per heavy atom. The molecule has 0 heterocycles. The molecule has 0 saturated heterocycles. The predicted octanol–water partition coefficient (Wildman–Crippen LogP) is 4.11. The van der Waals surface area contributed by atoms with E-state index in [2.05, 4.69) is 35.6 Å². The van der Waals surface area contributed by atoms with E-state index in [4.69, 9.17) is 23.2 Å². The first kappa shape index (κ1) is 18.7. The molecule has 0 aliphatic rings. The summed E-state index contributed by atoms with van der Waals surface area (Å²) in [4.78, 5) is 13.5. The number of likely N-dealkylation sites (N-methyl/N-ethyl adjacent to an activating group) is 1. The van der Waals surface area contributed by atoms with Crippen molar-refractivity contribution in [1.82, 2.24) is 0 Å². The van der Waals surface area contributed by atoms with E-state index in [1.165, 1.54) is 16.3 Å². The first-order valence-electron chi connectivity index (χ1n) is 8.47. The van der Waals surface area contributed by atoms with Gasteiger partial charge < -0.3 is 10.2 Å². The van der Waals surface area contributed by atoms with Gasteiger partial charge in [0, 0.05) is 5.56 Å². The molecule has 3 aromatic rings. The molecule has 1 unspecified atom stereocenters. The number of aryl methyl sites for hydroxylation is 1. The molecule has 2 N–H and O–H groups in total. The third-order valence-electron chi connectivity index (χ3n) is 4.33. The largest absolute Gasteiger partial charge is 0.326 e. The van der Waals surface area contributed by atoms with Crippen LogP contribution in [-0.4, -0.2) is 19.5 Å². The van der Waals surface area contributed by atoms with E-state index in [1.54, 1.807) is 6.07 Å². The Bertz CT molecular complexity index is 956. The Morgan fingerprint density at radius 1 is 1.04 bits per heavy atom. The molecule has 0 fully saturated rings. The van der Waals surface area contributed by atoms with E-state index >= 15 is 0 Å². The van der Waals surface area contributed by atoms with Crippen LogP contribution in [0.5, 0.6) is 0 Å². The van der Waals surface area contributed by atoms with Gasteiger partial charge in [0.05, 0.1) is 22.8 Å². The first-order chi connectivity index (χ1) is 12.4. The van der Waals surface area contributed by atoms with Crippen molar-refractivity contribution >= 4 is 45.6 Å². The number of quaternary nitrogens is 1. The molecule has 5 heteroatoms. The van der Waals surface area contributed by atoms with Crippen LogP contribution in [0.1, 0.15) is 11.1 Å². The summed E-state index contributed by atoms with van der Waals surface area (Å²) in [6.45, 7) is 2.96. The average Bonchev–Trinajstić information content (AvgIpc) is 2.62. The number of nitrogens with one attached hydrogen (secondary N) is 2. The third kappa shape index (κ3) is 4.36. The van der Waals surface area contributed by atoms with Crippen LogP contribution < -0.4 is 10.2 Å². The molecule has 0 saturated carbocycles. The van der Waals surface area contributed by atoms with Gasteiger partial charge in [0.1, 0.15) is 6.54 Å². The zero-order chi connectivity index (χ0) is 18.7. The maximum atomic E-state index is 12.4. The summed E-state index contributed by atoms with van der Waals surface area (Å²) < 4.78 is 0. The van der Waals surface area contributed by atoms with Crippen LogP contribution in [0.15, 0.2) is 54.6 Å². The van der Waals surface area contributed by atoms with Crippen LogP contribution in [-0.2, 0) is 11.3 Å². The Labute approximate surface area is 163 Å². The van der Waals surface area contributed by atoms with E-state index in [-0.39, 0.29) is 5.91 Å². The maximum absolute atomic E-state index is 12.4. The van der Waals surface area contributed by atoms with Crippen molar-refractivity contribution in [3.8, 4) is 0 Å². The molecular weight excluding hydrogens is 367 g/mol. The summed E-state index contributed by atoms with van der Waals surface area (Å²) >= 11 is 12.4. The first-order valence-corrected chi connectivity index (χ1v) is 9.23. The fourth-order valence-electron chi connectivity index (χ4n) is 2.99. The van der Waals surface area contributed by atoms with E-state index < -0.39 is 0 Å². The van der Waals surface area contributed by atoms with Gasteiger partial charge in [0.15, 0.2) is 6.54 Å². The van der Waals surface area contributed by atoms with Crippen LogP contribution in [0.4, 0.5) is 5.69 Å². The van der Waals surface area contributed by atoms with E-state index in [0.717, 1.165) is 17.0 Å². The molecule has 0 aliphatic heterocycles. The van der Waals surface area contributed by atoms with Crippen molar-refractivity contribution < 1.29 is 9.69 Å². The molecule has 0 spiro atoms. The van der Waals surface area contributed by atoms with Crippen molar-refractivity contribution in [2.45, 2.75) is 13.5 Å². The second-order valence-electron chi connectivity index (χ2n) is 6.59. The quantitative estimate of drug-likeness (QED) is 0.678. The summed E-state index contributed by atoms with van der Waals surface area (Å²) in [5.74, 6) is -0.113. The minimum atomic E-state index is -0.113. The lowest BCUT2D eigenvalue weighted by Crippen LogP contribution is -3.08. The van der Waals surface area contributed by atoms with Gasteiger partial charge in [-0.1, -0.05) is 65.7 Å². The van der Waals surface area contributed by atoms with Crippen LogP contribution in [0.2, 0.25) is 10.0 Å². The number of hydrogen-bond acceptors (Lipinski definition) is 1. The van der Waals surface area contributed by atoms with E-state index in [0.29, 0.717) is 22.3 Å². The van der Waals surface area contributed by atoms with Gasteiger partial charge in [-0.3, -0.25) is 4.79 Å². The highest BCUT2D eigenvalue weighted by Gasteiger charge is 2.15. The van der Waals surface area contributed by atoms with Crippen molar-refractivity contribution in [1.29, 1.82) is 0 Å². The predicted molar refractivity (Wildman–Crippen MR) is 109 cm³/mol. The van der Waals surface area contributed by atoms with E-state index in [9.17, 15) is 4.79 Å². The number of hydrogen-bond donors (Lipinski definition) is 2. The van der Waals surface area contributed by atoms with Gasteiger partial charge in [0.25, 0.3) is 5.91 Å². The SMILES string of the molecule is Cc1ccc(Cl)c(NC(=O)C[NH+](C)Cc2ccc3ccccc3c2)c1Cl. The zero-order valence-electron chi connectivity index (χ0n) is 14.8. The minimum absolute atomic E-state index is 0.113. The van der Waals surface area contributed by atoms with Crippen LogP contribution >= 0.6 is 23.2 Å². The highest BCUT2D eigenvalue weighted by atomic mass is 35.5. The molecule has 0 radical (unpaired) electrons. The summed E-state index contributed by atoms with van der Waals surface area (Å²) in [6.07, 6.45) is 0. The number of benzene rings is 3. The number of carbonyl (C=O) groups excluding carboxylic acids is 1. The number of amides is 1. The highest BCUT2D eigenvalue weighted by molar-refractivity contribution is 6.40. The standard InChI is InChI=1S/C21H20Cl2N2O/c1-14-7-10-18(22)21(20(14)23)24-19(26)13-25(2)12-15-8-9-16-5-3-4-6-17(16)11-15/h3-11H,12-13H2,1-2H3,(H,24,26)/p+1. The topological polar surface area (TPSA) is 33.5 Å². The molecule has 1 amide bonds. The van der Waals surface area contributed by atoms with Crippen molar-refractivity contribution in [3.05, 3.63) is 75.8 Å². The molecule has 0 bridgehead atoms. The molecule has 3 nitrogen and oxygen atoms in total. The molecule has 3 rings (SSSR count). The van der Waals surface area contributed by atoms with Gasteiger partial charge in [0.2, 0.25) is 0 Å². The zero-order valence-corrected chi connectivity index (χ0v) is 16.3. The Balaban J connectivity index is 1.65. The van der Waals surface area contributed by atoms with E-state index in [1.807, 2.05) is 32.2 Å². The summed E-state index contributed by atoms with van der Waals surface area (Å²) in [5, 5.41) is 6.20. The summed E-state index contributed by atoms with van der Waals surface area (Å²) in [5.41, 5.74) is 2.56. The Kier molecular flexibility index (Phi) is 5.82. The Hall–Kier alpha value is -2.07. The van der Waals surface area contributed by atoms with Crippen molar-refractivity contribution in [2.24, 2.45) is 0 Å². The van der Waals surface area contributed by atoms with Gasteiger partial charge in [-0.2, -0.15) is 0 Å². The normalized spacial score (nSPS) is 12.2. The molecule has 134 valence electrons. The summed E-state index contributed by atoms with van der Waals surface area (Å²) in [6, 6.07) is 18.2. The summed E-state index contributed by atoms with van der Waals surface area (Å²) in [7, 11) is 1.99. The minimum Gasteiger partial charge on any atom is -0.326 e. The average molecular weight is 388 g/mol.